The lowest BCUT2D eigenvalue weighted by Gasteiger charge is -2.33. The van der Waals surface area contributed by atoms with E-state index in [1.807, 2.05) is 0 Å². The van der Waals surface area contributed by atoms with Crippen molar-refractivity contribution in [2.45, 2.75) is 24.0 Å². The Morgan fingerprint density at radius 1 is 1.45 bits per heavy atom. The predicted molar refractivity (Wildman–Crippen MR) is 63.2 cm³/mol. The van der Waals surface area contributed by atoms with Crippen molar-refractivity contribution in [3.63, 3.8) is 0 Å². The fraction of sp³-hybridized carbons (Fsp3) is 0.538. The molecule has 0 aliphatic carbocycles. The van der Waals surface area contributed by atoms with E-state index in [9.17, 15) is 18.3 Å². The summed E-state index contributed by atoms with van der Waals surface area (Å²) in [4.78, 5) is 1.59. The van der Waals surface area contributed by atoms with Crippen LogP contribution in [0.25, 0.3) is 0 Å². The second-order valence-electron chi connectivity index (χ2n) is 4.95. The van der Waals surface area contributed by atoms with Crippen molar-refractivity contribution < 1.29 is 27.8 Å². The van der Waals surface area contributed by atoms with Gasteiger partial charge in [-0.2, -0.15) is 13.2 Å². The van der Waals surface area contributed by atoms with Crippen LogP contribution in [0.4, 0.5) is 13.2 Å². The molecule has 0 saturated carbocycles. The minimum atomic E-state index is -4.82. The standard InChI is InChI=1S/C13H14F3NO3/c1-19-9-4-2-3-8(7-9)10-11-12(18,13(14,15)16)20-6-5-17(10)11/h2-4,7,10-11,18H,5-6H2,1H3/t10-,11+,12+,17?/m1/s1. The normalized spacial score (nSPS) is 36.4. The molecule has 2 aliphatic heterocycles. The van der Waals surface area contributed by atoms with Crippen molar-refractivity contribution >= 4 is 0 Å². The van der Waals surface area contributed by atoms with Crippen molar-refractivity contribution in [2.75, 3.05) is 20.3 Å². The highest BCUT2D eigenvalue weighted by atomic mass is 19.4. The van der Waals surface area contributed by atoms with Gasteiger partial charge in [-0.15, -0.1) is 0 Å². The molecule has 2 fully saturated rings. The predicted octanol–water partition coefficient (Wildman–Crippen LogP) is 1.70. The number of halogens is 3. The van der Waals surface area contributed by atoms with E-state index in [2.05, 4.69) is 4.74 Å². The zero-order chi connectivity index (χ0) is 14.5. The molecule has 0 bridgehead atoms. The van der Waals surface area contributed by atoms with Crippen molar-refractivity contribution in [1.29, 1.82) is 0 Å². The molecule has 1 N–H and O–H groups in total. The minimum Gasteiger partial charge on any atom is -0.497 e. The highest BCUT2D eigenvalue weighted by Crippen LogP contribution is 2.55. The number of aliphatic hydroxyl groups is 1. The summed E-state index contributed by atoms with van der Waals surface area (Å²) in [6, 6.07) is 5.24. The van der Waals surface area contributed by atoms with Crippen molar-refractivity contribution in [1.82, 2.24) is 4.90 Å². The van der Waals surface area contributed by atoms with E-state index in [-0.39, 0.29) is 6.61 Å². The molecule has 1 unspecified atom stereocenters. The van der Waals surface area contributed by atoms with Gasteiger partial charge in [-0.3, -0.25) is 4.90 Å². The van der Waals surface area contributed by atoms with Crippen LogP contribution in [-0.2, 0) is 4.74 Å². The first-order chi connectivity index (χ1) is 9.38. The summed E-state index contributed by atoms with van der Waals surface area (Å²) in [6.45, 7) is 0.220. The zero-order valence-corrected chi connectivity index (χ0v) is 10.7. The first kappa shape index (κ1) is 13.7. The third-order valence-electron chi connectivity index (χ3n) is 3.84. The third kappa shape index (κ3) is 1.88. The van der Waals surface area contributed by atoms with E-state index in [4.69, 9.17) is 4.74 Å². The second kappa shape index (κ2) is 4.34. The van der Waals surface area contributed by atoms with Gasteiger partial charge in [0.1, 0.15) is 5.75 Å². The Labute approximate surface area is 113 Å². The number of ether oxygens (including phenoxy) is 2. The molecule has 0 aromatic heterocycles. The maximum Gasteiger partial charge on any atom is 0.444 e. The van der Waals surface area contributed by atoms with Gasteiger partial charge in [0, 0.05) is 6.54 Å². The molecule has 0 spiro atoms. The van der Waals surface area contributed by atoms with Gasteiger partial charge in [-0.25, -0.2) is 0 Å². The Morgan fingerprint density at radius 3 is 2.85 bits per heavy atom. The van der Waals surface area contributed by atoms with Crippen LogP contribution >= 0.6 is 0 Å². The van der Waals surface area contributed by atoms with E-state index in [1.165, 1.54) is 7.11 Å². The van der Waals surface area contributed by atoms with Crippen molar-refractivity contribution in [3.05, 3.63) is 29.8 Å². The molecule has 2 heterocycles. The summed E-state index contributed by atoms with van der Waals surface area (Å²) in [5.74, 6) is -2.53. The Kier molecular flexibility index (Phi) is 2.97. The van der Waals surface area contributed by atoms with Crippen molar-refractivity contribution in [2.24, 2.45) is 0 Å². The highest BCUT2D eigenvalue weighted by Gasteiger charge is 2.73. The summed E-state index contributed by atoms with van der Waals surface area (Å²) in [5, 5.41) is 9.86. The van der Waals surface area contributed by atoms with Gasteiger partial charge in [0.15, 0.2) is 0 Å². The quantitative estimate of drug-likeness (QED) is 0.842. The summed E-state index contributed by atoms with van der Waals surface area (Å²) in [6.07, 6.45) is -4.82. The van der Waals surface area contributed by atoms with Crippen LogP contribution in [-0.4, -0.2) is 48.3 Å². The molecule has 3 rings (SSSR count). The molecule has 20 heavy (non-hydrogen) atoms. The lowest BCUT2D eigenvalue weighted by atomic mass is 10.0. The maximum absolute atomic E-state index is 13.0. The largest absolute Gasteiger partial charge is 0.497 e. The average Bonchev–Trinajstić information content (AvgIpc) is 3.14. The van der Waals surface area contributed by atoms with E-state index in [0.717, 1.165) is 0 Å². The smallest absolute Gasteiger partial charge is 0.444 e. The van der Waals surface area contributed by atoms with E-state index in [1.54, 1.807) is 29.2 Å². The average molecular weight is 289 g/mol. The molecule has 7 heteroatoms. The fourth-order valence-electron chi connectivity index (χ4n) is 2.83. The topological polar surface area (TPSA) is 41.7 Å². The van der Waals surface area contributed by atoms with E-state index in [0.29, 0.717) is 17.9 Å². The van der Waals surface area contributed by atoms with Crippen LogP contribution in [0, 0.1) is 0 Å². The summed E-state index contributed by atoms with van der Waals surface area (Å²) < 4.78 is 48.8. The van der Waals surface area contributed by atoms with Crippen molar-refractivity contribution in [3.8, 4) is 5.75 Å². The van der Waals surface area contributed by atoms with Crippen LogP contribution < -0.4 is 4.74 Å². The minimum absolute atomic E-state index is 0.146. The summed E-state index contributed by atoms with van der Waals surface area (Å²) in [5.41, 5.74) is 0.683. The molecule has 4 nitrogen and oxygen atoms in total. The zero-order valence-electron chi connectivity index (χ0n) is 10.7. The van der Waals surface area contributed by atoms with E-state index < -0.39 is 24.0 Å². The maximum atomic E-state index is 13.0. The van der Waals surface area contributed by atoms with Crippen LogP contribution in [0.5, 0.6) is 5.75 Å². The van der Waals surface area contributed by atoms with Gasteiger partial charge in [-0.05, 0) is 17.7 Å². The van der Waals surface area contributed by atoms with Crippen LogP contribution in [0.2, 0.25) is 0 Å². The van der Waals surface area contributed by atoms with Crippen LogP contribution in [0.3, 0.4) is 0 Å². The Bertz CT molecular complexity index is 522. The van der Waals surface area contributed by atoms with Gasteiger partial charge in [0.25, 0.3) is 5.79 Å². The Balaban J connectivity index is 1.91. The molecule has 1 aromatic rings. The third-order valence-corrected chi connectivity index (χ3v) is 3.84. The van der Waals surface area contributed by atoms with Crippen LogP contribution in [0.15, 0.2) is 24.3 Å². The van der Waals surface area contributed by atoms with Gasteiger partial charge in [0.2, 0.25) is 0 Å². The van der Waals surface area contributed by atoms with Gasteiger partial charge in [-0.1, -0.05) is 12.1 Å². The second-order valence-corrected chi connectivity index (χ2v) is 4.95. The number of alkyl halides is 3. The monoisotopic (exact) mass is 289 g/mol. The van der Waals surface area contributed by atoms with Gasteiger partial charge < -0.3 is 14.6 Å². The molecule has 4 atom stereocenters. The number of nitrogens with zero attached hydrogens (tertiary/aromatic N) is 1. The number of hydrogen-bond donors (Lipinski definition) is 1. The lowest BCUT2D eigenvalue weighted by molar-refractivity contribution is -0.375. The van der Waals surface area contributed by atoms with Crippen LogP contribution in [0.1, 0.15) is 11.6 Å². The molecular formula is C13H14F3NO3. The van der Waals surface area contributed by atoms with E-state index >= 15 is 0 Å². The molecule has 0 radical (unpaired) electrons. The van der Waals surface area contributed by atoms with Gasteiger partial charge >= 0.3 is 6.18 Å². The Morgan fingerprint density at radius 2 is 2.20 bits per heavy atom. The molecule has 0 amide bonds. The molecule has 1 aromatic carbocycles. The Hall–Kier alpha value is -1.31. The first-order valence-electron chi connectivity index (χ1n) is 6.21. The molecule has 2 aliphatic rings. The fourth-order valence-corrected chi connectivity index (χ4v) is 2.83. The number of fused-ring (bicyclic) bond motifs is 1. The first-order valence-corrected chi connectivity index (χ1v) is 6.21. The number of rotatable bonds is 2. The summed E-state index contributed by atoms with van der Waals surface area (Å²) >= 11 is 0. The number of morpholine rings is 1. The molecule has 2 saturated heterocycles. The lowest BCUT2D eigenvalue weighted by Crippen LogP contribution is -2.56. The summed E-state index contributed by atoms with van der Waals surface area (Å²) in [7, 11) is 1.49. The molecular weight excluding hydrogens is 275 g/mol. The van der Waals surface area contributed by atoms with Gasteiger partial charge in [0.05, 0.1) is 25.8 Å². The number of methoxy groups -OCH3 is 1. The molecule has 110 valence electrons. The number of hydrogen-bond acceptors (Lipinski definition) is 4. The highest BCUT2D eigenvalue weighted by molar-refractivity contribution is 5.36. The number of benzene rings is 1. The SMILES string of the molecule is COc1cccc([C@@H]2[C@@H]3N2CCO[C@]3(O)C(F)(F)F)c1.